The fourth-order valence-electron chi connectivity index (χ4n) is 1.99. The summed E-state index contributed by atoms with van der Waals surface area (Å²) in [6.45, 7) is 4.25. The molecular formula is C11H22O. The molecular weight excluding hydrogens is 148 g/mol. The summed E-state index contributed by atoms with van der Waals surface area (Å²) in [4.78, 5) is 11.6. The lowest BCUT2D eigenvalue weighted by molar-refractivity contribution is -0.124. The molecule has 0 amide bonds. The molecule has 1 aliphatic carbocycles. The molecule has 1 nitrogen and oxygen atoms in total. The molecule has 0 atom stereocenters. The quantitative estimate of drug-likeness (QED) is 0.634. The SMILES string of the molecule is CC(C)CC(=O)C1CCCCC1.[HH]. The molecule has 1 fully saturated rings. The zero-order valence-electron chi connectivity index (χ0n) is 8.31. The Kier molecular flexibility index (Phi) is 3.77. The van der Waals surface area contributed by atoms with Gasteiger partial charge in [-0.1, -0.05) is 33.1 Å². The van der Waals surface area contributed by atoms with Crippen LogP contribution < -0.4 is 0 Å². The summed E-state index contributed by atoms with van der Waals surface area (Å²) in [6, 6.07) is 0. The fraction of sp³-hybridized carbons (Fsp3) is 0.909. The Balaban J connectivity index is 0.00000144. The molecule has 12 heavy (non-hydrogen) atoms. The van der Waals surface area contributed by atoms with Gasteiger partial charge >= 0.3 is 0 Å². The highest BCUT2D eigenvalue weighted by Gasteiger charge is 2.20. The van der Waals surface area contributed by atoms with Crippen LogP contribution in [0.3, 0.4) is 0 Å². The molecule has 0 saturated heterocycles. The van der Waals surface area contributed by atoms with E-state index in [2.05, 4.69) is 13.8 Å². The lowest BCUT2D eigenvalue weighted by Crippen LogP contribution is -2.18. The monoisotopic (exact) mass is 170 g/mol. The minimum absolute atomic E-state index is 0. The van der Waals surface area contributed by atoms with E-state index in [1.807, 2.05) is 0 Å². The van der Waals surface area contributed by atoms with Gasteiger partial charge in [-0.3, -0.25) is 4.79 Å². The molecule has 72 valence electrons. The minimum Gasteiger partial charge on any atom is -0.299 e. The van der Waals surface area contributed by atoms with Gasteiger partial charge in [0, 0.05) is 13.8 Å². The average Bonchev–Trinajstić information content (AvgIpc) is 2.05. The predicted octanol–water partition coefficient (Wildman–Crippen LogP) is 3.43. The second-order valence-corrected chi connectivity index (χ2v) is 4.40. The topological polar surface area (TPSA) is 17.1 Å². The molecule has 0 aromatic heterocycles. The fourth-order valence-corrected chi connectivity index (χ4v) is 1.99. The number of ketones is 1. The van der Waals surface area contributed by atoms with Crippen molar-refractivity contribution < 1.29 is 6.22 Å². The highest BCUT2D eigenvalue weighted by Crippen LogP contribution is 2.26. The normalized spacial score (nSPS) is 19.9. The Morgan fingerprint density at radius 1 is 1.33 bits per heavy atom. The number of rotatable bonds is 3. The first-order valence-electron chi connectivity index (χ1n) is 5.23. The van der Waals surface area contributed by atoms with Gasteiger partial charge < -0.3 is 0 Å². The molecule has 1 saturated carbocycles. The second-order valence-electron chi connectivity index (χ2n) is 4.40. The second kappa shape index (κ2) is 4.64. The average molecular weight is 170 g/mol. The largest absolute Gasteiger partial charge is 0.299 e. The van der Waals surface area contributed by atoms with Crippen LogP contribution in [0.2, 0.25) is 0 Å². The van der Waals surface area contributed by atoms with E-state index in [0.717, 1.165) is 19.3 Å². The minimum atomic E-state index is 0. The summed E-state index contributed by atoms with van der Waals surface area (Å²) >= 11 is 0. The van der Waals surface area contributed by atoms with E-state index in [1.165, 1.54) is 19.3 Å². The highest BCUT2D eigenvalue weighted by molar-refractivity contribution is 5.81. The lowest BCUT2D eigenvalue weighted by atomic mass is 9.84. The third-order valence-electron chi connectivity index (χ3n) is 2.67. The molecule has 0 spiro atoms. The molecule has 0 heterocycles. The summed E-state index contributed by atoms with van der Waals surface area (Å²) in [5, 5.41) is 0. The maximum absolute atomic E-state index is 11.6. The Labute approximate surface area is 77.0 Å². The summed E-state index contributed by atoms with van der Waals surface area (Å²) in [5.74, 6) is 1.48. The van der Waals surface area contributed by atoms with Gasteiger partial charge in [0.2, 0.25) is 0 Å². The van der Waals surface area contributed by atoms with Crippen LogP contribution in [0.4, 0.5) is 0 Å². The zero-order valence-corrected chi connectivity index (χ0v) is 8.31. The standard InChI is InChI=1S/C11H20O.H2/c1-9(2)8-11(12)10-6-4-3-5-7-10;/h9-10H,3-8H2,1-2H3;1H. The molecule has 1 rings (SSSR count). The third kappa shape index (κ3) is 2.96. The maximum Gasteiger partial charge on any atom is 0.136 e. The number of hydrogen-bond acceptors (Lipinski definition) is 1. The number of hydrogen-bond donors (Lipinski definition) is 0. The van der Waals surface area contributed by atoms with Gasteiger partial charge in [-0.15, -0.1) is 0 Å². The molecule has 0 aromatic carbocycles. The predicted molar refractivity (Wildman–Crippen MR) is 53.2 cm³/mol. The molecule has 0 aliphatic heterocycles. The lowest BCUT2D eigenvalue weighted by Gasteiger charge is -2.20. The first-order chi connectivity index (χ1) is 5.70. The maximum atomic E-state index is 11.6. The Bertz CT molecular complexity index is 148. The summed E-state index contributed by atoms with van der Waals surface area (Å²) < 4.78 is 0. The van der Waals surface area contributed by atoms with Crippen LogP contribution in [0.5, 0.6) is 0 Å². The van der Waals surface area contributed by atoms with Gasteiger partial charge in [-0.25, -0.2) is 0 Å². The van der Waals surface area contributed by atoms with E-state index in [1.54, 1.807) is 0 Å². The van der Waals surface area contributed by atoms with E-state index in [9.17, 15) is 4.79 Å². The first-order valence-corrected chi connectivity index (χ1v) is 5.23. The van der Waals surface area contributed by atoms with E-state index in [0.29, 0.717) is 17.6 Å². The van der Waals surface area contributed by atoms with Crippen molar-refractivity contribution in [2.24, 2.45) is 11.8 Å². The van der Waals surface area contributed by atoms with Gasteiger partial charge in [0.15, 0.2) is 0 Å². The van der Waals surface area contributed by atoms with Crippen LogP contribution in [-0.2, 0) is 4.79 Å². The van der Waals surface area contributed by atoms with Crippen molar-refractivity contribution in [1.29, 1.82) is 0 Å². The number of carbonyl (C=O) groups is 1. The van der Waals surface area contributed by atoms with Crippen molar-refractivity contribution in [3.8, 4) is 0 Å². The van der Waals surface area contributed by atoms with Crippen LogP contribution in [0.1, 0.15) is 53.8 Å². The molecule has 1 aliphatic rings. The van der Waals surface area contributed by atoms with Gasteiger partial charge in [-0.05, 0) is 18.8 Å². The van der Waals surface area contributed by atoms with Crippen molar-refractivity contribution >= 4 is 5.78 Å². The van der Waals surface area contributed by atoms with Crippen LogP contribution in [0, 0.1) is 11.8 Å². The van der Waals surface area contributed by atoms with Crippen molar-refractivity contribution in [1.82, 2.24) is 0 Å². The Hall–Kier alpha value is -0.330. The highest BCUT2D eigenvalue weighted by atomic mass is 16.1. The van der Waals surface area contributed by atoms with Crippen LogP contribution >= 0.6 is 0 Å². The summed E-state index contributed by atoms with van der Waals surface area (Å²) in [6.07, 6.45) is 7.00. The molecule has 0 N–H and O–H groups in total. The molecule has 0 aromatic rings. The molecule has 0 bridgehead atoms. The van der Waals surface area contributed by atoms with Gasteiger partial charge in [0.1, 0.15) is 5.78 Å². The van der Waals surface area contributed by atoms with Gasteiger partial charge in [0.05, 0.1) is 0 Å². The van der Waals surface area contributed by atoms with Gasteiger partial charge in [-0.2, -0.15) is 0 Å². The molecule has 0 unspecified atom stereocenters. The van der Waals surface area contributed by atoms with Crippen molar-refractivity contribution in [2.75, 3.05) is 0 Å². The number of carbonyl (C=O) groups excluding carboxylic acids is 1. The zero-order chi connectivity index (χ0) is 8.97. The summed E-state index contributed by atoms with van der Waals surface area (Å²) in [5.41, 5.74) is 0. The third-order valence-corrected chi connectivity index (χ3v) is 2.67. The Morgan fingerprint density at radius 3 is 2.42 bits per heavy atom. The van der Waals surface area contributed by atoms with Crippen molar-refractivity contribution in [2.45, 2.75) is 52.4 Å². The number of Topliss-reactive ketones (excluding diaryl/α,β-unsaturated/α-hetero) is 1. The van der Waals surface area contributed by atoms with E-state index < -0.39 is 0 Å². The van der Waals surface area contributed by atoms with Crippen LogP contribution in [0.15, 0.2) is 0 Å². The van der Waals surface area contributed by atoms with Crippen LogP contribution in [0.25, 0.3) is 0 Å². The molecule has 0 radical (unpaired) electrons. The van der Waals surface area contributed by atoms with E-state index in [-0.39, 0.29) is 1.43 Å². The molecule has 1 heteroatoms. The van der Waals surface area contributed by atoms with Crippen LogP contribution in [-0.4, -0.2) is 5.78 Å². The van der Waals surface area contributed by atoms with E-state index in [4.69, 9.17) is 0 Å². The smallest absolute Gasteiger partial charge is 0.136 e. The Morgan fingerprint density at radius 2 is 1.92 bits per heavy atom. The van der Waals surface area contributed by atoms with Gasteiger partial charge in [0.25, 0.3) is 0 Å². The van der Waals surface area contributed by atoms with E-state index >= 15 is 0 Å². The summed E-state index contributed by atoms with van der Waals surface area (Å²) in [7, 11) is 0. The first kappa shape index (κ1) is 9.76. The van der Waals surface area contributed by atoms with Crippen molar-refractivity contribution in [3.63, 3.8) is 0 Å². The van der Waals surface area contributed by atoms with Crippen molar-refractivity contribution in [3.05, 3.63) is 0 Å².